The van der Waals surface area contributed by atoms with E-state index in [2.05, 4.69) is 37.9 Å². The molecule has 0 aliphatic rings. The van der Waals surface area contributed by atoms with E-state index in [4.69, 9.17) is 11.6 Å². The lowest BCUT2D eigenvalue weighted by Crippen LogP contribution is -1.94. The first-order valence-corrected chi connectivity index (χ1v) is 5.82. The van der Waals surface area contributed by atoms with Crippen molar-refractivity contribution in [3.63, 3.8) is 0 Å². The fourth-order valence-electron chi connectivity index (χ4n) is 1.70. The number of nitrogens with zero attached hydrogens (tertiary/aromatic N) is 1. The third-order valence-electron chi connectivity index (χ3n) is 2.38. The molecule has 0 saturated carbocycles. The average molecular weight is 224 g/mol. The van der Waals surface area contributed by atoms with Crippen molar-refractivity contribution < 1.29 is 0 Å². The second-order valence-corrected chi connectivity index (χ2v) is 4.27. The summed E-state index contributed by atoms with van der Waals surface area (Å²) in [5, 5.41) is 0. The van der Waals surface area contributed by atoms with Crippen molar-refractivity contribution in [1.29, 1.82) is 0 Å². The van der Waals surface area contributed by atoms with Crippen LogP contribution in [0.25, 0.3) is 0 Å². The van der Waals surface area contributed by atoms with Gasteiger partial charge in [0.15, 0.2) is 0 Å². The van der Waals surface area contributed by atoms with Gasteiger partial charge in [-0.3, -0.25) is 4.99 Å². The van der Waals surface area contributed by atoms with Gasteiger partial charge in [-0.25, -0.2) is 0 Å². The third-order valence-corrected chi connectivity index (χ3v) is 2.65. The molecule has 0 saturated heterocycles. The number of alkyl halides is 1. The Bertz CT molecular complexity index is 333. The number of hydrogen-bond acceptors (Lipinski definition) is 1. The SMILES string of the molecule is Cc1cc(C)c(C=NCCCCl)c(C)c1. The minimum absolute atomic E-state index is 0.684. The first-order chi connectivity index (χ1) is 7.15. The van der Waals surface area contributed by atoms with Crippen LogP contribution in [0.15, 0.2) is 17.1 Å². The number of benzene rings is 1. The Labute approximate surface area is 97.2 Å². The zero-order valence-electron chi connectivity index (χ0n) is 9.68. The Balaban J connectivity index is 2.80. The molecule has 0 aliphatic heterocycles. The molecule has 0 radical (unpaired) electrons. The molecule has 1 aromatic rings. The summed E-state index contributed by atoms with van der Waals surface area (Å²) >= 11 is 5.59. The maximum absolute atomic E-state index is 5.59. The molecule has 15 heavy (non-hydrogen) atoms. The fraction of sp³-hybridized carbons (Fsp3) is 0.462. The highest BCUT2D eigenvalue weighted by Crippen LogP contribution is 2.14. The van der Waals surface area contributed by atoms with E-state index in [1.165, 1.54) is 22.3 Å². The van der Waals surface area contributed by atoms with Crippen molar-refractivity contribution in [3.05, 3.63) is 34.4 Å². The van der Waals surface area contributed by atoms with Gasteiger partial charge in [-0.2, -0.15) is 0 Å². The summed E-state index contributed by atoms with van der Waals surface area (Å²) in [5.41, 5.74) is 5.14. The van der Waals surface area contributed by atoms with Crippen LogP contribution in [0.3, 0.4) is 0 Å². The Kier molecular flexibility index (Phi) is 4.83. The Morgan fingerprint density at radius 3 is 2.33 bits per heavy atom. The Morgan fingerprint density at radius 1 is 1.20 bits per heavy atom. The first-order valence-electron chi connectivity index (χ1n) is 5.29. The molecule has 0 aromatic heterocycles. The van der Waals surface area contributed by atoms with E-state index in [1.807, 2.05) is 6.21 Å². The van der Waals surface area contributed by atoms with Crippen molar-refractivity contribution in [2.45, 2.75) is 27.2 Å². The van der Waals surface area contributed by atoms with E-state index in [9.17, 15) is 0 Å². The van der Waals surface area contributed by atoms with Crippen molar-refractivity contribution in [1.82, 2.24) is 0 Å². The molecule has 0 amide bonds. The van der Waals surface area contributed by atoms with Crippen molar-refractivity contribution in [3.8, 4) is 0 Å². The normalized spacial score (nSPS) is 11.2. The van der Waals surface area contributed by atoms with Gasteiger partial charge in [0.1, 0.15) is 0 Å². The van der Waals surface area contributed by atoms with E-state index in [0.717, 1.165) is 13.0 Å². The van der Waals surface area contributed by atoms with Gasteiger partial charge >= 0.3 is 0 Å². The second-order valence-electron chi connectivity index (χ2n) is 3.89. The highest BCUT2D eigenvalue weighted by molar-refractivity contribution is 6.17. The summed E-state index contributed by atoms with van der Waals surface area (Å²) in [6, 6.07) is 4.38. The molecule has 0 atom stereocenters. The molecule has 82 valence electrons. The van der Waals surface area contributed by atoms with Crippen LogP contribution in [0.1, 0.15) is 28.7 Å². The van der Waals surface area contributed by atoms with Crippen LogP contribution in [-0.2, 0) is 0 Å². The van der Waals surface area contributed by atoms with Crippen LogP contribution in [-0.4, -0.2) is 18.6 Å². The summed E-state index contributed by atoms with van der Waals surface area (Å²) in [6.07, 6.45) is 2.92. The summed E-state index contributed by atoms with van der Waals surface area (Å²) < 4.78 is 0. The zero-order chi connectivity index (χ0) is 11.3. The smallest absolute Gasteiger partial charge is 0.0400 e. The van der Waals surface area contributed by atoms with Gasteiger partial charge in [-0.15, -0.1) is 11.6 Å². The van der Waals surface area contributed by atoms with Crippen LogP contribution < -0.4 is 0 Å². The number of hydrogen-bond donors (Lipinski definition) is 0. The Morgan fingerprint density at radius 2 is 1.80 bits per heavy atom. The van der Waals surface area contributed by atoms with Gasteiger partial charge in [0, 0.05) is 18.6 Å². The molecule has 1 nitrogen and oxygen atoms in total. The average Bonchev–Trinajstić information content (AvgIpc) is 2.15. The predicted octanol–water partition coefficient (Wildman–Crippen LogP) is 3.66. The van der Waals surface area contributed by atoms with Gasteiger partial charge in [0.2, 0.25) is 0 Å². The van der Waals surface area contributed by atoms with Gasteiger partial charge < -0.3 is 0 Å². The van der Waals surface area contributed by atoms with E-state index in [0.29, 0.717) is 5.88 Å². The molecule has 0 N–H and O–H groups in total. The summed E-state index contributed by atoms with van der Waals surface area (Å²) in [4.78, 5) is 4.37. The van der Waals surface area contributed by atoms with Crippen LogP contribution in [0.4, 0.5) is 0 Å². The Hall–Kier alpha value is -0.820. The minimum atomic E-state index is 0.684. The van der Waals surface area contributed by atoms with Crippen molar-refractivity contribution >= 4 is 17.8 Å². The molecular formula is C13H18ClN. The minimum Gasteiger partial charge on any atom is -0.292 e. The molecule has 0 heterocycles. The second kappa shape index (κ2) is 5.92. The van der Waals surface area contributed by atoms with Crippen LogP contribution in [0.2, 0.25) is 0 Å². The topological polar surface area (TPSA) is 12.4 Å². The zero-order valence-corrected chi connectivity index (χ0v) is 10.4. The lowest BCUT2D eigenvalue weighted by atomic mass is 10.0. The molecular weight excluding hydrogens is 206 g/mol. The van der Waals surface area contributed by atoms with Gasteiger partial charge in [0.25, 0.3) is 0 Å². The maximum Gasteiger partial charge on any atom is 0.0400 e. The molecule has 1 rings (SSSR count). The van der Waals surface area contributed by atoms with Crippen LogP contribution >= 0.6 is 11.6 Å². The largest absolute Gasteiger partial charge is 0.292 e. The van der Waals surface area contributed by atoms with E-state index < -0.39 is 0 Å². The highest BCUT2D eigenvalue weighted by atomic mass is 35.5. The summed E-state index contributed by atoms with van der Waals surface area (Å²) in [7, 11) is 0. The number of halogens is 1. The number of aliphatic imine (C=N–C) groups is 1. The quantitative estimate of drug-likeness (QED) is 0.420. The monoisotopic (exact) mass is 223 g/mol. The lowest BCUT2D eigenvalue weighted by Gasteiger charge is -2.06. The van der Waals surface area contributed by atoms with E-state index in [1.54, 1.807) is 0 Å². The van der Waals surface area contributed by atoms with Gasteiger partial charge in [-0.1, -0.05) is 17.7 Å². The molecule has 0 fully saturated rings. The fourth-order valence-corrected chi connectivity index (χ4v) is 1.82. The van der Waals surface area contributed by atoms with Gasteiger partial charge in [-0.05, 0) is 43.9 Å². The van der Waals surface area contributed by atoms with Gasteiger partial charge in [0.05, 0.1) is 0 Å². The third kappa shape index (κ3) is 3.67. The van der Waals surface area contributed by atoms with Crippen LogP contribution in [0.5, 0.6) is 0 Å². The predicted molar refractivity (Wildman–Crippen MR) is 68.5 cm³/mol. The lowest BCUT2D eigenvalue weighted by molar-refractivity contribution is 0.943. The molecule has 0 spiro atoms. The maximum atomic E-state index is 5.59. The number of rotatable bonds is 4. The van der Waals surface area contributed by atoms with E-state index in [-0.39, 0.29) is 0 Å². The van der Waals surface area contributed by atoms with Crippen molar-refractivity contribution in [2.24, 2.45) is 4.99 Å². The van der Waals surface area contributed by atoms with Crippen molar-refractivity contribution in [2.75, 3.05) is 12.4 Å². The number of aryl methyl sites for hydroxylation is 3. The molecule has 1 aromatic carbocycles. The molecule has 0 bridgehead atoms. The standard InChI is InChI=1S/C13H18ClN/c1-10-7-11(2)13(12(3)8-10)9-15-6-4-5-14/h7-9H,4-6H2,1-3H3. The summed E-state index contributed by atoms with van der Waals surface area (Å²) in [6.45, 7) is 7.19. The summed E-state index contributed by atoms with van der Waals surface area (Å²) in [5.74, 6) is 0.684. The highest BCUT2D eigenvalue weighted by Gasteiger charge is 2.00. The molecule has 0 unspecified atom stereocenters. The molecule has 0 aliphatic carbocycles. The van der Waals surface area contributed by atoms with E-state index >= 15 is 0 Å². The van der Waals surface area contributed by atoms with Crippen LogP contribution in [0, 0.1) is 20.8 Å². The first kappa shape index (κ1) is 12.3. The molecule has 2 heteroatoms.